The molecule has 2 aromatic heterocycles. The van der Waals surface area contributed by atoms with E-state index in [9.17, 15) is 0 Å². The number of pyridine rings is 1. The Morgan fingerprint density at radius 2 is 2.11 bits per heavy atom. The summed E-state index contributed by atoms with van der Waals surface area (Å²) in [4.78, 5) is 8.87. The van der Waals surface area contributed by atoms with Gasteiger partial charge in [0.25, 0.3) is 0 Å². The van der Waals surface area contributed by atoms with Crippen LogP contribution >= 0.6 is 0 Å². The lowest BCUT2D eigenvalue weighted by Crippen LogP contribution is -2.29. The number of imidazole rings is 1. The molecule has 18 heavy (non-hydrogen) atoms. The first-order valence-corrected chi connectivity index (χ1v) is 6.56. The van der Waals surface area contributed by atoms with Gasteiger partial charge in [-0.05, 0) is 24.3 Å². The van der Waals surface area contributed by atoms with Crippen LogP contribution in [0.2, 0.25) is 0 Å². The maximum atomic E-state index is 6.40. The zero-order valence-electron chi connectivity index (χ0n) is 11.2. The van der Waals surface area contributed by atoms with Gasteiger partial charge < -0.3 is 10.3 Å². The van der Waals surface area contributed by atoms with Crippen LogP contribution in [0.3, 0.4) is 0 Å². The second-order valence-electron chi connectivity index (χ2n) is 6.28. The average Bonchev–Trinajstić information content (AvgIpc) is 3.07. The molecule has 2 aromatic rings. The lowest BCUT2D eigenvalue weighted by Gasteiger charge is -2.27. The van der Waals surface area contributed by atoms with Crippen LogP contribution in [0.4, 0.5) is 0 Å². The number of hydrogen-bond acceptors (Lipinski definition) is 3. The Morgan fingerprint density at radius 1 is 1.39 bits per heavy atom. The van der Waals surface area contributed by atoms with Crippen molar-refractivity contribution < 1.29 is 0 Å². The Labute approximate surface area is 107 Å². The van der Waals surface area contributed by atoms with Crippen molar-refractivity contribution in [1.29, 1.82) is 0 Å². The number of hydrogen-bond donors (Lipinski definition) is 1. The van der Waals surface area contributed by atoms with E-state index in [1.54, 1.807) is 0 Å². The highest BCUT2D eigenvalue weighted by atomic mass is 15.2. The molecule has 0 amide bonds. The molecule has 0 bridgehead atoms. The standard InChI is InChI=1S/C14H20N4/c1-14(2,3)12(15)13-17-10-8-16-7-6-11(10)18(13)9-4-5-9/h6-9,12H,4-5,15H2,1-3H3. The fraction of sp³-hybridized carbons (Fsp3) is 0.571. The van der Waals surface area contributed by atoms with Gasteiger partial charge in [0.15, 0.2) is 0 Å². The van der Waals surface area contributed by atoms with Gasteiger partial charge in [0.05, 0.1) is 17.8 Å². The van der Waals surface area contributed by atoms with Gasteiger partial charge in [-0.25, -0.2) is 4.98 Å². The van der Waals surface area contributed by atoms with Gasteiger partial charge in [-0.15, -0.1) is 0 Å². The van der Waals surface area contributed by atoms with Crippen LogP contribution in [-0.2, 0) is 0 Å². The number of nitrogens with two attached hydrogens (primary N) is 1. The first kappa shape index (κ1) is 11.7. The molecule has 0 saturated heterocycles. The number of nitrogens with zero attached hydrogens (tertiary/aromatic N) is 3. The maximum absolute atomic E-state index is 6.40. The van der Waals surface area contributed by atoms with Gasteiger partial charge in [0.2, 0.25) is 0 Å². The van der Waals surface area contributed by atoms with E-state index in [1.165, 1.54) is 18.4 Å². The van der Waals surface area contributed by atoms with E-state index in [2.05, 4.69) is 30.3 Å². The highest BCUT2D eigenvalue weighted by molar-refractivity contribution is 5.75. The van der Waals surface area contributed by atoms with Gasteiger partial charge in [-0.1, -0.05) is 20.8 Å². The number of aromatic nitrogens is 3. The fourth-order valence-electron chi connectivity index (χ4n) is 2.29. The Kier molecular flexibility index (Phi) is 2.45. The molecule has 1 aliphatic carbocycles. The zero-order chi connectivity index (χ0) is 12.9. The summed E-state index contributed by atoms with van der Waals surface area (Å²) in [5.41, 5.74) is 8.54. The quantitative estimate of drug-likeness (QED) is 0.883. The Balaban J connectivity index is 2.19. The highest BCUT2D eigenvalue weighted by Crippen LogP contribution is 2.41. The molecule has 1 saturated carbocycles. The molecule has 1 aliphatic rings. The summed E-state index contributed by atoms with van der Waals surface area (Å²) in [6.07, 6.45) is 6.12. The van der Waals surface area contributed by atoms with Crippen molar-refractivity contribution in [1.82, 2.24) is 14.5 Å². The van der Waals surface area contributed by atoms with Crippen LogP contribution in [0.5, 0.6) is 0 Å². The highest BCUT2D eigenvalue weighted by Gasteiger charge is 2.33. The minimum atomic E-state index is -0.0505. The summed E-state index contributed by atoms with van der Waals surface area (Å²) >= 11 is 0. The molecule has 4 heteroatoms. The molecule has 1 fully saturated rings. The van der Waals surface area contributed by atoms with Crippen molar-refractivity contribution >= 4 is 11.0 Å². The molecule has 2 N–H and O–H groups in total. The van der Waals surface area contributed by atoms with Crippen molar-refractivity contribution in [3.05, 3.63) is 24.3 Å². The minimum absolute atomic E-state index is 0.0153. The molecule has 2 heterocycles. The summed E-state index contributed by atoms with van der Waals surface area (Å²) in [5.74, 6) is 1.01. The second kappa shape index (κ2) is 3.79. The molecule has 0 radical (unpaired) electrons. The first-order valence-electron chi connectivity index (χ1n) is 6.56. The molecule has 0 aromatic carbocycles. The minimum Gasteiger partial charge on any atom is -0.323 e. The van der Waals surface area contributed by atoms with Crippen LogP contribution in [-0.4, -0.2) is 14.5 Å². The summed E-state index contributed by atoms with van der Waals surface area (Å²) < 4.78 is 2.33. The van der Waals surface area contributed by atoms with E-state index >= 15 is 0 Å². The van der Waals surface area contributed by atoms with Crippen LogP contribution in [0.15, 0.2) is 18.5 Å². The molecule has 0 aliphatic heterocycles. The molecule has 0 spiro atoms. The van der Waals surface area contributed by atoms with Gasteiger partial charge in [0.1, 0.15) is 11.3 Å². The molecule has 3 rings (SSSR count). The fourth-order valence-corrected chi connectivity index (χ4v) is 2.29. The number of fused-ring (bicyclic) bond motifs is 1. The second-order valence-corrected chi connectivity index (χ2v) is 6.28. The summed E-state index contributed by atoms with van der Waals surface area (Å²) in [6, 6.07) is 2.57. The summed E-state index contributed by atoms with van der Waals surface area (Å²) in [7, 11) is 0. The average molecular weight is 244 g/mol. The summed E-state index contributed by atoms with van der Waals surface area (Å²) in [5, 5.41) is 0. The third kappa shape index (κ3) is 1.81. The Bertz CT molecular complexity index is 575. The van der Waals surface area contributed by atoms with E-state index in [0.717, 1.165) is 11.3 Å². The van der Waals surface area contributed by atoms with Crippen molar-refractivity contribution in [2.45, 2.75) is 45.7 Å². The van der Waals surface area contributed by atoms with E-state index in [1.807, 2.05) is 18.5 Å². The number of rotatable bonds is 2. The van der Waals surface area contributed by atoms with Crippen molar-refractivity contribution in [3.63, 3.8) is 0 Å². The molecule has 96 valence electrons. The molecular formula is C14H20N4. The van der Waals surface area contributed by atoms with Gasteiger partial charge in [-0.3, -0.25) is 4.98 Å². The largest absolute Gasteiger partial charge is 0.323 e. The lowest BCUT2D eigenvalue weighted by molar-refractivity contribution is 0.308. The molecular weight excluding hydrogens is 224 g/mol. The molecule has 4 nitrogen and oxygen atoms in total. The first-order chi connectivity index (χ1) is 8.48. The van der Waals surface area contributed by atoms with Crippen molar-refractivity contribution in [3.8, 4) is 0 Å². The van der Waals surface area contributed by atoms with Crippen molar-refractivity contribution in [2.75, 3.05) is 0 Å². The third-order valence-corrected chi connectivity index (χ3v) is 3.64. The molecule has 1 unspecified atom stereocenters. The van der Waals surface area contributed by atoms with Crippen molar-refractivity contribution in [2.24, 2.45) is 11.1 Å². The van der Waals surface area contributed by atoms with Crippen LogP contribution in [0, 0.1) is 5.41 Å². The zero-order valence-corrected chi connectivity index (χ0v) is 11.2. The predicted molar refractivity (Wildman–Crippen MR) is 72.2 cm³/mol. The third-order valence-electron chi connectivity index (χ3n) is 3.64. The Hall–Kier alpha value is -1.42. The Morgan fingerprint density at radius 3 is 2.72 bits per heavy atom. The smallest absolute Gasteiger partial charge is 0.127 e. The summed E-state index contributed by atoms with van der Waals surface area (Å²) in [6.45, 7) is 6.48. The van der Waals surface area contributed by atoms with Crippen LogP contribution in [0.1, 0.15) is 51.5 Å². The van der Waals surface area contributed by atoms with E-state index in [0.29, 0.717) is 6.04 Å². The van der Waals surface area contributed by atoms with E-state index in [4.69, 9.17) is 10.7 Å². The van der Waals surface area contributed by atoms with E-state index in [-0.39, 0.29) is 11.5 Å². The maximum Gasteiger partial charge on any atom is 0.127 e. The predicted octanol–water partition coefficient (Wildman–Crippen LogP) is 2.81. The van der Waals surface area contributed by atoms with Gasteiger partial charge in [-0.2, -0.15) is 0 Å². The van der Waals surface area contributed by atoms with Gasteiger partial charge in [0, 0.05) is 12.2 Å². The SMILES string of the molecule is CC(C)(C)C(N)c1nc2cnccc2n1C1CC1. The monoisotopic (exact) mass is 244 g/mol. The van der Waals surface area contributed by atoms with Crippen LogP contribution in [0.25, 0.3) is 11.0 Å². The van der Waals surface area contributed by atoms with Crippen LogP contribution < -0.4 is 5.73 Å². The lowest BCUT2D eigenvalue weighted by atomic mass is 9.87. The van der Waals surface area contributed by atoms with E-state index < -0.39 is 0 Å². The molecule has 1 atom stereocenters. The normalized spacial score (nSPS) is 18.2. The topological polar surface area (TPSA) is 56.7 Å². The van der Waals surface area contributed by atoms with Gasteiger partial charge >= 0.3 is 0 Å².